The Morgan fingerprint density at radius 2 is 2.31 bits per heavy atom. The monoisotopic (exact) mass is 186 g/mol. The van der Waals surface area contributed by atoms with Crippen molar-refractivity contribution in [1.82, 2.24) is 0 Å². The van der Waals surface area contributed by atoms with Crippen LogP contribution in [0.4, 0.5) is 0 Å². The van der Waals surface area contributed by atoms with Crippen LogP contribution in [0.1, 0.15) is 19.3 Å². The Kier molecular flexibility index (Phi) is 3.89. The van der Waals surface area contributed by atoms with Crippen LogP contribution in [0.3, 0.4) is 0 Å². The molecule has 1 aliphatic rings. The summed E-state index contributed by atoms with van der Waals surface area (Å²) in [5.74, 6) is -0.630. The summed E-state index contributed by atoms with van der Waals surface area (Å²) in [6.45, 7) is 1.18. The number of ketones is 1. The van der Waals surface area contributed by atoms with E-state index in [0.29, 0.717) is 6.61 Å². The first-order valence-corrected chi connectivity index (χ1v) is 4.41. The Hall–Kier alpha value is -0.900. The van der Waals surface area contributed by atoms with Gasteiger partial charge in [0.25, 0.3) is 0 Å². The van der Waals surface area contributed by atoms with E-state index >= 15 is 0 Å². The first-order chi connectivity index (χ1) is 6.24. The molecule has 4 nitrogen and oxygen atoms in total. The average Bonchev–Trinajstić information content (AvgIpc) is 2.19. The van der Waals surface area contributed by atoms with E-state index in [-0.39, 0.29) is 18.1 Å². The van der Waals surface area contributed by atoms with Crippen molar-refractivity contribution in [1.29, 1.82) is 0 Å². The van der Waals surface area contributed by atoms with Crippen LogP contribution in [-0.2, 0) is 19.1 Å². The van der Waals surface area contributed by atoms with Crippen LogP contribution < -0.4 is 0 Å². The van der Waals surface area contributed by atoms with Gasteiger partial charge in [0.1, 0.15) is 12.2 Å². The molecule has 0 amide bonds. The summed E-state index contributed by atoms with van der Waals surface area (Å²) in [5, 5.41) is 0. The van der Waals surface area contributed by atoms with E-state index in [2.05, 4.69) is 4.74 Å². The van der Waals surface area contributed by atoms with Crippen molar-refractivity contribution in [2.24, 2.45) is 5.92 Å². The molecule has 1 rings (SSSR count). The molecule has 13 heavy (non-hydrogen) atoms. The van der Waals surface area contributed by atoms with Gasteiger partial charge in [-0.1, -0.05) is 0 Å². The van der Waals surface area contributed by atoms with Crippen molar-refractivity contribution < 1.29 is 19.1 Å². The number of Topliss-reactive ketones (excluding diaryl/α,β-unsaturated/α-hetero) is 1. The first-order valence-electron chi connectivity index (χ1n) is 4.41. The summed E-state index contributed by atoms with van der Waals surface area (Å²) in [4.78, 5) is 22.2. The van der Waals surface area contributed by atoms with Gasteiger partial charge in [-0.25, -0.2) is 0 Å². The Morgan fingerprint density at radius 3 is 2.85 bits per heavy atom. The van der Waals surface area contributed by atoms with Crippen molar-refractivity contribution in [2.75, 3.05) is 20.3 Å². The molecule has 74 valence electrons. The molecule has 0 aliphatic carbocycles. The van der Waals surface area contributed by atoms with Crippen molar-refractivity contribution in [3.63, 3.8) is 0 Å². The number of hydrogen-bond acceptors (Lipinski definition) is 4. The van der Waals surface area contributed by atoms with Crippen molar-refractivity contribution in [3.8, 4) is 0 Å². The third-order valence-corrected chi connectivity index (χ3v) is 2.16. The summed E-state index contributed by atoms with van der Waals surface area (Å²) >= 11 is 0. The molecular formula is C9H14O4. The lowest BCUT2D eigenvalue weighted by Gasteiger charge is -2.20. The van der Waals surface area contributed by atoms with Gasteiger partial charge in [0.15, 0.2) is 0 Å². The van der Waals surface area contributed by atoms with Gasteiger partial charge in [0.2, 0.25) is 0 Å². The lowest BCUT2D eigenvalue weighted by Crippen LogP contribution is -2.27. The summed E-state index contributed by atoms with van der Waals surface area (Å²) in [5.41, 5.74) is 0. The zero-order valence-corrected chi connectivity index (χ0v) is 7.75. The highest BCUT2D eigenvalue weighted by atomic mass is 16.5. The first kappa shape index (κ1) is 10.2. The van der Waals surface area contributed by atoms with Gasteiger partial charge in [-0.15, -0.1) is 0 Å². The normalized spacial score (nSPS) is 22.4. The lowest BCUT2D eigenvalue weighted by atomic mass is 9.96. The molecular weight excluding hydrogens is 172 g/mol. The molecule has 0 radical (unpaired) electrons. The molecule has 1 atom stereocenters. The third-order valence-electron chi connectivity index (χ3n) is 2.16. The predicted molar refractivity (Wildman–Crippen MR) is 45.2 cm³/mol. The molecule has 0 spiro atoms. The maximum atomic E-state index is 11.4. The van der Waals surface area contributed by atoms with Crippen LogP contribution in [0.2, 0.25) is 0 Å². The average molecular weight is 186 g/mol. The number of ether oxygens (including phenoxy) is 2. The van der Waals surface area contributed by atoms with Gasteiger partial charge < -0.3 is 9.47 Å². The number of carbonyl (C=O) groups is 2. The SMILES string of the molecule is COC(=O)CC(=O)C1CCCOC1. The molecule has 4 heteroatoms. The zero-order chi connectivity index (χ0) is 9.68. The van der Waals surface area contributed by atoms with Gasteiger partial charge in [-0.3, -0.25) is 9.59 Å². The molecule has 1 aliphatic heterocycles. The zero-order valence-electron chi connectivity index (χ0n) is 7.75. The van der Waals surface area contributed by atoms with Gasteiger partial charge in [-0.2, -0.15) is 0 Å². The van der Waals surface area contributed by atoms with Crippen LogP contribution in [0.5, 0.6) is 0 Å². The fourth-order valence-corrected chi connectivity index (χ4v) is 1.35. The molecule has 1 heterocycles. The molecule has 0 bridgehead atoms. The van der Waals surface area contributed by atoms with E-state index in [1.165, 1.54) is 7.11 Å². The van der Waals surface area contributed by atoms with Crippen LogP contribution >= 0.6 is 0 Å². The molecule has 1 unspecified atom stereocenters. The molecule has 0 saturated carbocycles. The fraction of sp³-hybridized carbons (Fsp3) is 0.778. The highest BCUT2D eigenvalue weighted by molar-refractivity contribution is 5.96. The summed E-state index contributed by atoms with van der Waals surface area (Å²) < 4.78 is 9.56. The minimum Gasteiger partial charge on any atom is -0.469 e. The van der Waals surface area contributed by atoms with Gasteiger partial charge >= 0.3 is 5.97 Å². The smallest absolute Gasteiger partial charge is 0.313 e. The molecule has 0 aromatic heterocycles. The molecule has 0 aromatic carbocycles. The largest absolute Gasteiger partial charge is 0.469 e. The van der Waals surface area contributed by atoms with E-state index in [1.54, 1.807) is 0 Å². The Bertz CT molecular complexity index is 194. The maximum Gasteiger partial charge on any atom is 0.313 e. The minimum atomic E-state index is -0.462. The topological polar surface area (TPSA) is 52.6 Å². The standard InChI is InChI=1S/C9H14O4/c1-12-9(11)5-8(10)7-3-2-4-13-6-7/h7H,2-6H2,1H3. The second kappa shape index (κ2) is 4.97. The Morgan fingerprint density at radius 1 is 1.54 bits per heavy atom. The van der Waals surface area contributed by atoms with Crippen LogP contribution in [-0.4, -0.2) is 32.1 Å². The maximum absolute atomic E-state index is 11.4. The summed E-state index contributed by atoms with van der Waals surface area (Å²) in [6, 6.07) is 0. The highest BCUT2D eigenvalue weighted by Crippen LogP contribution is 2.15. The lowest BCUT2D eigenvalue weighted by molar-refractivity contribution is -0.145. The number of carbonyl (C=O) groups excluding carboxylic acids is 2. The fourth-order valence-electron chi connectivity index (χ4n) is 1.35. The van der Waals surface area contributed by atoms with Gasteiger partial charge in [0, 0.05) is 12.5 Å². The predicted octanol–water partition coefficient (Wildman–Crippen LogP) is 0.545. The number of methoxy groups -OCH3 is 1. The minimum absolute atomic E-state index is 0.0634. The Labute approximate surface area is 77.2 Å². The van der Waals surface area contributed by atoms with Gasteiger partial charge in [0.05, 0.1) is 13.7 Å². The second-order valence-electron chi connectivity index (χ2n) is 3.13. The van der Waals surface area contributed by atoms with E-state index in [9.17, 15) is 9.59 Å². The van der Waals surface area contributed by atoms with Crippen molar-refractivity contribution >= 4 is 11.8 Å². The highest BCUT2D eigenvalue weighted by Gasteiger charge is 2.23. The van der Waals surface area contributed by atoms with Crippen LogP contribution in [0.25, 0.3) is 0 Å². The molecule has 0 N–H and O–H groups in total. The molecule has 1 saturated heterocycles. The second-order valence-corrected chi connectivity index (χ2v) is 3.13. The van der Waals surface area contributed by atoms with E-state index in [0.717, 1.165) is 19.4 Å². The summed E-state index contributed by atoms with van der Waals surface area (Å²) in [6.07, 6.45) is 1.61. The van der Waals surface area contributed by atoms with Crippen LogP contribution in [0, 0.1) is 5.92 Å². The quantitative estimate of drug-likeness (QED) is 0.477. The van der Waals surface area contributed by atoms with Gasteiger partial charge in [-0.05, 0) is 12.8 Å². The number of hydrogen-bond donors (Lipinski definition) is 0. The molecule has 1 fully saturated rings. The van der Waals surface area contributed by atoms with E-state index in [1.807, 2.05) is 0 Å². The van der Waals surface area contributed by atoms with Crippen molar-refractivity contribution in [3.05, 3.63) is 0 Å². The van der Waals surface area contributed by atoms with E-state index in [4.69, 9.17) is 4.74 Å². The summed E-state index contributed by atoms with van der Waals surface area (Å²) in [7, 11) is 1.28. The third kappa shape index (κ3) is 3.14. The van der Waals surface area contributed by atoms with Crippen LogP contribution in [0.15, 0.2) is 0 Å². The van der Waals surface area contributed by atoms with E-state index < -0.39 is 5.97 Å². The Balaban J connectivity index is 2.33. The molecule has 0 aromatic rings. The number of rotatable bonds is 3. The van der Waals surface area contributed by atoms with Crippen molar-refractivity contribution in [2.45, 2.75) is 19.3 Å². The number of esters is 1.